The van der Waals surface area contributed by atoms with Gasteiger partial charge in [-0.1, -0.05) is 23.2 Å². The van der Waals surface area contributed by atoms with Gasteiger partial charge in [-0.25, -0.2) is 4.79 Å². The van der Waals surface area contributed by atoms with E-state index in [0.29, 0.717) is 16.6 Å². The van der Waals surface area contributed by atoms with Crippen LogP contribution in [-0.2, 0) is 4.74 Å². The molecule has 1 saturated heterocycles. The van der Waals surface area contributed by atoms with Crippen molar-refractivity contribution in [1.29, 1.82) is 0 Å². The topological polar surface area (TPSA) is 29.5 Å². The highest BCUT2D eigenvalue weighted by atomic mass is 35.5. The lowest BCUT2D eigenvalue weighted by atomic mass is 10.1. The van der Waals surface area contributed by atoms with Crippen molar-refractivity contribution in [2.24, 2.45) is 0 Å². The fourth-order valence-corrected chi connectivity index (χ4v) is 2.07. The average molecular weight is 260 g/mol. The number of rotatable bonds is 1. The Morgan fingerprint density at radius 3 is 2.88 bits per heavy atom. The van der Waals surface area contributed by atoms with Gasteiger partial charge in [-0.3, -0.25) is 0 Å². The second-order valence-corrected chi connectivity index (χ2v) is 4.59. The van der Waals surface area contributed by atoms with Gasteiger partial charge in [0.05, 0.1) is 0 Å². The summed E-state index contributed by atoms with van der Waals surface area (Å²) in [6.45, 7) is 0.659. The molecule has 0 unspecified atom stereocenters. The second kappa shape index (κ2) is 4.52. The Morgan fingerprint density at radius 2 is 2.19 bits per heavy atom. The molecule has 2 rings (SSSR count). The number of cyclic esters (lactones) is 1. The summed E-state index contributed by atoms with van der Waals surface area (Å²) in [4.78, 5) is 12.9. The van der Waals surface area contributed by atoms with Crippen LogP contribution in [0.5, 0.6) is 0 Å². The van der Waals surface area contributed by atoms with E-state index in [4.69, 9.17) is 27.9 Å². The molecule has 0 radical (unpaired) electrons. The van der Waals surface area contributed by atoms with E-state index in [2.05, 4.69) is 0 Å². The maximum atomic E-state index is 11.4. The zero-order valence-corrected chi connectivity index (χ0v) is 10.3. The number of ether oxygens (including phenoxy) is 1. The van der Waals surface area contributed by atoms with Crippen LogP contribution in [0.4, 0.5) is 4.79 Å². The second-order valence-electron chi connectivity index (χ2n) is 3.75. The number of hydrogen-bond donors (Lipinski definition) is 0. The van der Waals surface area contributed by atoms with E-state index in [0.717, 1.165) is 12.0 Å². The maximum Gasteiger partial charge on any atom is 0.410 e. The Balaban J connectivity index is 2.24. The predicted octanol–water partition coefficient (Wildman–Crippen LogP) is 3.51. The summed E-state index contributed by atoms with van der Waals surface area (Å²) in [6.07, 6.45) is 0.102. The van der Waals surface area contributed by atoms with Gasteiger partial charge in [-0.2, -0.15) is 0 Å². The number of carbonyl (C=O) groups is 1. The van der Waals surface area contributed by atoms with Crippen LogP contribution in [0.2, 0.25) is 10.0 Å². The summed E-state index contributed by atoms with van der Waals surface area (Å²) < 4.78 is 5.26. The third-order valence-electron chi connectivity index (χ3n) is 2.59. The van der Waals surface area contributed by atoms with Gasteiger partial charge in [-0.15, -0.1) is 0 Å². The monoisotopic (exact) mass is 259 g/mol. The zero-order valence-electron chi connectivity index (χ0n) is 8.74. The zero-order chi connectivity index (χ0) is 11.7. The first-order valence-electron chi connectivity index (χ1n) is 4.94. The van der Waals surface area contributed by atoms with E-state index in [1.54, 1.807) is 25.2 Å². The molecule has 0 N–H and O–H groups in total. The third-order valence-corrected chi connectivity index (χ3v) is 3.17. The lowest BCUT2D eigenvalue weighted by molar-refractivity contribution is 0.0325. The molecule has 1 aromatic carbocycles. The molecule has 16 heavy (non-hydrogen) atoms. The summed E-state index contributed by atoms with van der Waals surface area (Å²) in [5.41, 5.74) is 0.774. The number of nitrogens with zero attached hydrogens (tertiary/aromatic N) is 1. The third kappa shape index (κ3) is 2.25. The van der Waals surface area contributed by atoms with Crippen molar-refractivity contribution in [2.45, 2.75) is 12.5 Å². The SMILES string of the molecule is CN1CC[C@@H](c2cc(Cl)ccc2Cl)OC1=O. The van der Waals surface area contributed by atoms with Crippen molar-refractivity contribution in [3.63, 3.8) is 0 Å². The minimum atomic E-state index is -0.327. The van der Waals surface area contributed by atoms with Gasteiger partial charge < -0.3 is 9.64 Å². The molecule has 1 amide bonds. The highest BCUT2D eigenvalue weighted by molar-refractivity contribution is 6.33. The maximum absolute atomic E-state index is 11.4. The van der Waals surface area contributed by atoms with Crippen LogP contribution in [-0.4, -0.2) is 24.6 Å². The highest BCUT2D eigenvalue weighted by Gasteiger charge is 2.27. The van der Waals surface area contributed by atoms with Gasteiger partial charge >= 0.3 is 6.09 Å². The van der Waals surface area contributed by atoms with Crippen molar-refractivity contribution >= 4 is 29.3 Å². The lowest BCUT2D eigenvalue weighted by Crippen LogP contribution is -2.35. The molecule has 3 nitrogen and oxygen atoms in total. The molecule has 0 spiro atoms. The molecule has 1 aromatic rings. The number of amides is 1. The van der Waals surface area contributed by atoms with Crippen LogP contribution in [0, 0.1) is 0 Å². The van der Waals surface area contributed by atoms with Gasteiger partial charge in [0, 0.05) is 35.6 Å². The summed E-state index contributed by atoms with van der Waals surface area (Å²) in [5.74, 6) is 0. The average Bonchev–Trinajstić information content (AvgIpc) is 2.26. The molecule has 1 fully saturated rings. The van der Waals surface area contributed by atoms with Crippen LogP contribution in [0.25, 0.3) is 0 Å². The fourth-order valence-electron chi connectivity index (χ4n) is 1.65. The predicted molar refractivity (Wildman–Crippen MR) is 62.9 cm³/mol. The van der Waals surface area contributed by atoms with E-state index in [1.807, 2.05) is 0 Å². The Morgan fingerprint density at radius 1 is 1.44 bits per heavy atom. The normalized spacial score (nSPS) is 20.8. The first-order chi connectivity index (χ1) is 7.58. The Labute approximate surface area is 104 Å². The largest absolute Gasteiger partial charge is 0.441 e. The van der Waals surface area contributed by atoms with Gasteiger partial charge in [0.2, 0.25) is 0 Å². The number of hydrogen-bond acceptors (Lipinski definition) is 2. The van der Waals surface area contributed by atoms with Crippen LogP contribution in [0.3, 0.4) is 0 Å². The Hall–Kier alpha value is -0.930. The molecule has 1 aliphatic rings. The van der Waals surface area contributed by atoms with Gasteiger partial charge in [0.25, 0.3) is 0 Å². The van der Waals surface area contributed by atoms with E-state index in [1.165, 1.54) is 4.90 Å². The van der Waals surface area contributed by atoms with Crippen molar-refractivity contribution in [3.8, 4) is 0 Å². The quantitative estimate of drug-likeness (QED) is 0.773. The molecule has 0 bridgehead atoms. The molecule has 0 saturated carbocycles. The summed E-state index contributed by atoms with van der Waals surface area (Å²) in [5, 5.41) is 1.17. The molecule has 86 valence electrons. The van der Waals surface area contributed by atoms with Gasteiger partial charge in [0.15, 0.2) is 0 Å². The lowest BCUT2D eigenvalue weighted by Gasteiger charge is -2.29. The molecule has 5 heteroatoms. The summed E-state index contributed by atoms with van der Waals surface area (Å²) >= 11 is 11.9. The van der Waals surface area contributed by atoms with Crippen molar-refractivity contribution in [2.75, 3.05) is 13.6 Å². The number of carbonyl (C=O) groups excluding carboxylic acids is 1. The number of benzene rings is 1. The fraction of sp³-hybridized carbons (Fsp3) is 0.364. The van der Waals surface area contributed by atoms with Crippen LogP contribution in [0.15, 0.2) is 18.2 Å². The Bertz CT molecular complexity index is 422. The first-order valence-corrected chi connectivity index (χ1v) is 5.70. The van der Waals surface area contributed by atoms with Gasteiger partial charge in [-0.05, 0) is 18.2 Å². The van der Waals surface area contributed by atoms with Crippen LogP contribution >= 0.6 is 23.2 Å². The number of halogens is 2. The molecular weight excluding hydrogens is 249 g/mol. The van der Waals surface area contributed by atoms with Crippen molar-refractivity contribution in [1.82, 2.24) is 4.90 Å². The van der Waals surface area contributed by atoms with E-state index >= 15 is 0 Å². The minimum Gasteiger partial charge on any atom is -0.441 e. The summed E-state index contributed by atoms with van der Waals surface area (Å²) in [7, 11) is 1.71. The van der Waals surface area contributed by atoms with E-state index in [9.17, 15) is 4.79 Å². The minimum absolute atomic E-state index is 0.296. The molecule has 0 aliphatic carbocycles. The van der Waals surface area contributed by atoms with E-state index < -0.39 is 0 Å². The van der Waals surface area contributed by atoms with E-state index in [-0.39, 0.29) is 12.2 Å². The van der Waals surface area contributed by atoms with Crippen LogP contribution in [0.1, 0.15) is 18.1 Å². The molecular formula is C11H11Cl2NO2. The molecule has 1 heterocycles. The molecule has 0 aromatic heterocycles. The smallest absolute Gasteiger partial charge is 0.410 e. The molecule has 1 atom stereocenters. The standard InChI is InChI=1S/C11H11Cl2NO2/c1-14-5-4-10(16-11(14)15)8-6-7(12)2-3-9(8)13/h2-3,6,10H,4-5H2,1H3/t10-/m0/s1. The van der Waals surface area contributed by atoms with Gasteiger partial charge in [0.1, 0.15) is 6.10 Å². The molecule has 1 aliphatic heterocycles. The van der Waals surface area contributed by atoms with Crippen LogP contribution < -0.4 is 0 Å². The highest BCUT2D eigenvalue weighted by Crippen LogP contribution is 2.33. The Kier molecular flexibility index (Phi) is 3.26. The first kappa shape index (κ1) is 11.6. The van der Waals surface area contributed by atoms with Crippen molar-refractivity contribution in [3.05, 3.63) is 33.8 Å². The summed E-state index contributed by atoms with van der Waals surface area (Å²) in [6, 6.07) is 5.17. The van der Waals surface area contributed by atoms with Crippen molar-refractivity contribution < 1.29 is 9.53 Å².